The Labute approximate surface area is 132 Å². The maximum Gasteiger partial charge on any atom is 0.257 e. The van der Waals surface area contributed by atoms with Crippen molar-refractivity contribution < 1.29 is 15.0 Å². The number of carbonyl (C=O) groups is 1. The lowest BCUT2D eigenvalue weighted by atomic mass is 9.93. The van der Waals surface area contributed by atoms with Gasteiger partial charge < -0.3 is 15.1 Å². The van der Waals surface area contributed by atoms with Crippen LogP contribution < -0.4 is 0 Å². The molecule has 114 valence electrons. The zero-order valence-electron chi connectivity index (χ0n) is 11.8. The van der Waals surface area contributed by atoms with E-state index < -0.39 is 0 Å². The second-order valence-electron chi connectivity index (χ2n) is 6.03. The molecule has 1 aromatic rings. The van der Waals surface area contributed by atoms with Crippen molar-refractivity contribution in [2.75, 3.05) is 6.54 Å². The van der Waals surface area contributed by atoms with Gasteiger partial charge in [-0.05, 0) is 43.9 Å². The van der Waals surface area contributed by atoms with E-state index in [9.17, 15) is 15.0 Å². The van der Waals surface area contributed by atoms with Gasteiger partial charge in [0.2, 0.25) is 0 Å². The SMILES string of the molecule is O=C(c1ccc(Br)cc1O)N1CCCC1C1CCCC1O. The number of likely N-dealkylation sites (tertiary alicyclic amines) is 1. The molecule has 3 unspecified atom stereocenters. The van der Waals surface area contributed by atoms with Gasteiger partial charge in [-0.1, -0.05) is 22.4 Å². The molecule has 1 aliphatic carbocycles. The third-order valence-electron chi connectivity index (χ3n) is 4.78. The molecule has 2 aliphatic rings. The van der Waals surface area contributed by atoms with Crippen molar-refractivity contribution in [3.63, 3.8) is 0 Å². The van der Waals surface area contributed by atoms with Crippen LogP contribution in [-0.4, -0.2) is 39.7 Å². The Morgan fingerprint density at radius 2 is 2.05 bits per heavy atom. The van der Waals surface area contributed by atoms with Gasteiger partial charge in [-0.25, -0.2) is 0 Å². The molecule has 1 aromatic carbocycles. The highest BCUT2D eigenvalue weighted by Gasteiger charge is 2.40. The summed E-state index contributed by atoms with van der Waals surface area (Å²) in [4.78, 5) is 14.6. The fourth-order valence-corrected chi connectivity index (χ4v) is 4.10. The van der Waals surface area contributed by atoms with Gasteiger partial charge in [-0.3, -0.25) is 4.79 Å². The molecule has 3 rings (SSSR count). The molecule has 1 amide bonds. The van der Waals surface area contributed by atoms with Crippen molar-refractivity contribution in [2.24, 2.45) is 5.92 Å². The van der Waals surface area contributed by atoms with Crippen molar-refractivity contribution in [1.29, 1.82) is 0 Å². The molecule has 0 bridgehead atoms. The Morgan fingerprint density at radius 1 is 1.24 bits per heavy atom. The summed E-state index contributed by atoms with van der Waals surface area (Å²) in [6, 6.07) is 5.07. The average molecular weight is 354 g/mol. The number of hydrogen-bond acceptors (Lipinski definition) is 3. The molecule has 0 radical (unpaired) electrons. The number of carbonyl (C=O) groups excluding carboxylic acids is 1. The third-order valence-corrected chi connectivity index (χ3v) is 5.27. The topological polar surface area (TPSA) is 60.8 Å². The minimum absolute atomic E-state index is 0.00648. The van der Waals surface area contributed by atoms with Crippen LogP contribution in [0.4, 0.5) is 0 Å². The third kappa shape index (κ3) is 2.81. The number of phenols is 1. The van der Waals surface area contributed by atoms with E-state index in [0.717, 1.165) is 36.6 Å². The number of aliphatic hydroxyl groups excluding tert-OH is 1. The first kappa shape index (κ1) is 14.9. The zero-order valence-corrected chi connectivity index (χ0v) is 13.4. The van der Waals surface area contributed by atoms with Gasteiger partial charge in [0, 0.05) is 23.0 Å². The van der Waals surface area contributed by atoms with Gasteiger partial charge in [0.25, 0.3) is 5.91 Å². The van der Waals surface area contributed by atoms with Crippen LogP contribution in [-0.2, 0) is 0 Å². The van der Waals surface area contributed by atoms with Crippen LogP contribution in [0, 0.1) is 5.92 Å². The number of rotatable bonds is 2. The molecule has 0 aromatic heterocycles. The van der Waals surface area contributed by atoms with Gasteiger partial charge in [-0.15, -0.1) is 0 Å². The normalized spacial score (nSPS) is 29.0. The first-order valence-corrected chi connectivity index (χ1v) is 8.35. The first-order chi connectivity index (χ1) is 10.1. The Bertz CT molecular complexity index is 548. The van der Waals surface area contributed by atoms with E-state index in [0.29, 0.717) is 12.1 Å². The number of hydrogen-bond donors (Lipinski definition) is 2. The maximum atomic E-state index is 12.7. The van der Waals surface area contributed by atoms with E-state index in [4.69, 9.17) is 0 Å². The lowest BCUT2D eigenvalue weighted by Crippen LogP contribution is -2.42. The van der Waals surface area contributed by atoms with E-state index >= 15 is 0 Å². The molecule has 21 heavy (non-hydrogen) atoms. The van der Waals surface area contributed by atoms with Gasteiger partial charge in [0.05, 0.1) is 11.7 Å². The molecule has 2 fully saturated rings. The molecule has 1 heterocycles. The van der Waals surface area contributed by atoms with Crippen molar-refractivity contribution in [3.05, 3.63) is 28.2 Å². The number of amides is 1. The number of aliphatic hydroxyl groups is 1. The molecule has 1 saturated carbocycles. The maximum absolute atomic E-state index is 12.7. The number of benzene rings is 1. The van der Waals surface area contributed by atoms with E-state index in [1.807, 2.05) is 4.90 Å². The highest BCUT2D eigenvalue weighted by Crippen LogP contribution is 2.37. The lowest BCUT2D eigenvalue weighted by molar-refractivity contribution is 0.0525. The van der Waals surface area contributed by atoms with Crippen molar-refractivity contribution >= 4 is 21.8 Å². The second-order valence-corrected chi connectivity index (χ2v) is 6.95. The second kappa shape index (κ2) is 5.97. The fraction of sp³-hybridized carbons (Fsp3) is 0.562. The first-order valence-electron chi connectivity index (χ1n) is 7.55. The van der Waals surface area contributed by atoms with Gasteiger partial charge in [0.1, 0.15) is 5.75 Å². The van der Waals surface area contributed by atoms with Crippen LogP contribution in [0.25, 0.3) is 0 Å². The Hall–Kier alpha value is -1.07. The Morgan fingerprint density at radius 3 is 2.71 bits per heavy atom. The monoisotopic (exact) mass is 353 g/mol. The highest BCUT2D eigenvalue weighted by molar-refractivity contribution is 9.10. The van der Waals surface area contributed by atoms with Crippen LogP contribution in [0.5, 0.6) is 5.75 Å². The largest absolute Gasteiger partial charge is 0.507 e. The summed E-state index contributed by atoms with van der Waals surface area (Å²) in [5.41, 5.74) is 0.345. The van der Waals surface area contributed by atoms with E-state index in [1.54, 1.807) is 18.2 Å². The van der Waals surface area contributed by atoms with E-state index in [1.165, 1.54) is 0 Å². The number of nitrogens with zero attached hydrogens (tertiary/aromatic N) is 1. The predicted octanol–water partition coefficient (Wildman–Crippen LogP) is 2.92. The number of phenolic OH excluding ortho intramolecular Hbond substituents is 1. The average Bonchev–Trinajstić information content (AvgIpc) is 3.06. The molecule has 0 spiro atoms. The van der Waals surface area contributed by atoms with Crippen molar-refractivity contribution in [3.8, 4) is 5.75 Å². The molecule has 2 N–H and O–H groups in total. The van der Waals surface area contributed by atoms with E-state index in [2.05, 4.69) is 15.9 Å². The van der Waals surface area contributed by atoms with Crippen LogP contribution in [0.1, 0.15) is 42.5 Å². The molecule has 1 aliphatic heterocycles. The smallest absolute Gasteiger partial charge is 0.257 e. The van der Waals surface area contributed by atoms with Crippen molar-refractivity contribution in [1.82, 2.24) is 4.90 Å². The van der Waals surface area contributed by atoms with Crippen LogP contribution in [0.15, 0.2) is 22.7 Å². The summed E-state index contributed by atoms with van der Waals surface area (Å²) >= 11 is 3.28. The summed E-state index contributed by atoms with van der Waals surface area (Å²) < 4.78 is 0.751. The summed E-state index contributed by atoms with van der Waals surface area (Å²) in [5.74, 6) is 0.0719. The molecular formula is C16H20BrNO3. The molecular weight excluding hydrogens is 334 g/mol. The Balaban J connectivity index is 1.82. The molecule has 4 nitrogen and oxygen atoms in total. The Kier molecular flexibility index (Phi) is 4.22. The fourth-order valence-electron chi connectivity index (χ4n) is 3.75. The summed E-state index contributed by atoms with van der Waals surface area (Å²) in [7, 11) is 0. The van der Waals surface area contributed by atoms with Crippen LogP contribution >= 0.6 is 15.9 Å². The standard InChI is InChI=1S/C16H20BrNO3/c17-10-6-7-12(15(20)9-10)16(21)18-8-2-4-13(18)11-3-1-5-14(11)19/h6-7,9,11,13-14,19-20H,1-5,8H2. The van der Waals surface area contributed by atoms with Crippen LogP contribution in [0.2, 0.25) is 0 Å². The van der Waals surface area contributed by atoms with Gasteiger partial charge in [-0.2, -0.15) is 0 Å². The minimum atomic E-state index is -0.290. The van der Waals surface area contributed by atoms with Crippen molar-refractivity contribution in [2.45, 2.75) is 44.2 Å². The molecule has 3 atom stereocenters. The molecule has 1 saturated heterocycles. The van der Waals surface area contributed by atoms with E-state index in [-0.39, 0.29) is 29.7 Å². The number of aromatic hydroxyl groups is 1. The quantitative estimate of drug-likeness (QED) is 0.859. The van der Waals surface area contributed by atoms with Gasteiger partial charge >= 0.3 is 0 Å². The summed E-state index contributed by atoms with van der Waals surface area (Å²) in [5, 5.41) is 20.1. The minimum Gasteiger partial charge on any atom is -0.507 e. The molecule has 5 heteroatoms. The summed E-state index contributed by atoms with van der Waals surface area (Å²) in [6.07, 6.45) is 4.49. The predicted molar refractivity (Wildman–Crippen MR) is 83.2 cm³/mol. The van der Waals surface area contributed by atoms with Gasteiger partial charge in [0.15, 0.2) is 0 Å². The number of halogens is 1. The zero-order chi connectivity index (χ0) is 15.0. The lowest BCUT2D eigenvalue weighted by Gasteiger charge is -2.31. The summed E-state index contributed by atoms with van der Waals surface area (Å²) in [6.45, 7) is 0.711. The van der Waals surface area contributed by atoms with Crippen LogP contribution in [0.3, 0.4) is 0 Å². The highest BCUT2D eigenvalue weighted by atomic mass is 79.9.